The van der Waals surface area contributed by atoms with E-state index in [2.05, 4.69) is 27.0 Å². The lowest BCUT2D eigenvalue weighted by Gasteiger charge is -2.37. The molecule has 0 bridgehead atoms. The maximum atomic E-state index is 13.1. The topological polar surface area (TPSA) is 43.8 Å². The van der Waals surface area contributed by atoms with Crippen LogP contribution in [-0.2, 0) is 6.42 Å². The predicted molar refractivity (Wildman–Crippen MR) is 120 cm³/mol. The number of aromatic nitrogens is 1. The summed E-state index contributed by atoms with van der Waals surface area (Å²) in [6.07, 6.45) is 2.66. The SMILES string of the molecule is CCNC(=NCCc1ccccn1)N1CCN(c2ccc(F)cc2)CC1.I. The number of hydrogen-bond acceptors (Lipinski definition) is 3. The van der Waals surface area contributed by atoms with Crippen molar-refractivity contribution in [3.8, 4) is 0 Å². The molecule has 1 saturated heterocycles. The Labute approximate surface area is 177 Å². The molecule has 1 fully saturated rings. The summed E-state index contributed by atoms with van der Waals surface area (Å²) in [5, 5.41) is 3.39. The third-order valence-corrected chi connectivity index (χ3v) is 4.46. The first-order valence-electron chi connectivity index (χ1n) is 9.20. The van der Waals surface area contributed by atoms with E-state index >= 15 is 0 Å². The molecule has 7 heteroatoms. The molecule has 0 radical (unpaired) electrons. The molecule has 1 aliphatic rings. The van der Waals surface area contributed by atoms with Crippen molar-refractivity contribution in [1.82, 2.24) is 15.2 Å². The Bertz CT molecular complexity index is 700. The minimum absolute atomic E-state index is 0. The number of rotatable bonds is 5. The van der Waals surface area contributed by atoms with Gasteiger partial charge < -0.3 is 15.1 Å². The maximum Gasteiger partial charge on any atom is 0.194 e. The van der Waals surface area contributed by atoms with Crippen molar-refractivity contribution in [2.24, 2.45) is 4.99 Å². The zero-order valence-electron chi connectivity index (χ0n) is 15.6. The van der Waals surface area contributed by atoms with Gasteiger partial charge in [0.2, 0.25) is 0 Å². The minimum atomic E-state index is -0.193. The van der Waals surface area contributed by atoms with E-state index in [0.29, 0.717) is 0 Å². The zero-order chi connectivity index (χ0) is 18.2. The maximum absolute atomic E-state index is 13.1. The fourth-order valence-corrected chi connectivity index (χ4v) is 3.08. The average Bonchev–Trinajstić information content (AvgIpc) is 2.69. The molecule has 2 aromatic rings. The second-order valence-corrected chi connectivity index (χ2v) is 6.26. The molecular weight excluding hydrogens is 456 g/mol. The molecule has 1 aliphatic heterocycles. The van der Waals surface area contributed by atoms with Gasteiger partial charge in [0.05, 0.1) is 0 Å². The Kier molecular flexibility index (Phi) is 8.77. The van der Waals surface area contributed by atoms with E-state index < -0.39 is 0 Å². The number of aliphatic imine (C=N–C) groups is 1. The van der Waals surface area contributed by atoms with Gasteiger partial charge in [0.1, 0.15) is 5.82 Å². The van der Waals surface area contributed by atoms with Gasteiger partial charge in [-0.2, -0.15) is 0 Å². The van der Waals surface area contributed by atoms with E-state index in [9.17, 15) is 4.39 Å². The van der Waals surface area contributed by atoms with Crippen molar-refractivity contribution >= 4 is 35.6 Å². The average molecular weight is 483 g/mol. The Morgan fingerprint density at radius 3 is 2.48 bits per heavy atom. The van der Waals surface area contributed by atoms with Crippen molar-refractivity contribution in [1.29, 1.82) is 0 Å². The molecule has 0 aliphatic carbocycles. The Morgan fingerprint density at radius 1 is 1.11 bits per heavy atom. The number of benzene rings is 1. The fraction of sp³-hybridized carbons (Fsp3) is 0.400. The molecule has 0 atom stereocenters. The lowest BCUT2D eigenvalue weighted by atomic mass is 10.2. The Morgan fingerprint density at radius 2 is 1.85 bits per heavy atom. The molecule has 27 heavy (non-hydrogen) atoms. The van der Waals surface area contributed by atoms with E-state index in [1.807, 2.05) is 36.5 Å². The van der Waals surface area contributed by atoms with Crippen LogP contribution in [0.1, 0.15) is 12.6 Å². The van der Waals surface area contributed by atoms with Gasteiger partial charge in [0, 0.05) is 63.3 Å². The summed E-state index contributed by atoms with van der Waals surface area (Å²) in [5.41, 5.74) is 2.14. The number of hydrogen-bond donors (Lipinski definition) is 1. The number of guanidine groups is 1. The number of halogens is 2. The number of nitrogens with one attached hydrogen (secondary N) is 1. The summed E-state index contributed by atoms with van der Waals surface area (Å²) in [6, 6.07) is 12.7. The number of piperazine rings is 1. The lowest BCUT2D eigenvalue weighted by Crippen LogP contribution is -2.52. The van der Waals surface area contributed by atoms with Crippen LogP contribution in [0.4, 0.5) is 10.1 Å². The Balaban J connectivity index is 0.00000261. The third-order valence-electron chi connectivity index (χ3n) is 4.46. The first-order valence-corrected chi connectivity index (χ1v) is 9.20. The monoisotopic (exact) mass is 483 g/mol. The highest BCUT2D eigenvalue weighted by atomic mass is 127. The third kappa shape index (κ3) is 6.34. The van der Waals surface area contributed by atoms with Crippen LogP contribution in [0.2, 0.25) is 0 Å². The molecule has 0 amide bonds. The standard InChI is InChI=1S/C20H26FN5.HI/c1-2-22-20(24-12-10-18-5-3-4-11-23-18)26-15-13-25(14-16-26)19-8-6-17(21)7-9-19;/h3-9,11H,2,10,12-16H2,1H3,(H,22,24);1H. The van der Waals surface area contributed by atoms with Gasteiger partial charge in [0.25, 0.3) is 0 Å². The molecule has 0 saturated carbocycles. The summed E-state index contributed by atoms with van der Waals surface area (Å²) in [5.74, 6) is 0.768. The molecular formula is C20H27FIN5. The molecule has 3 rings (SSSR count). The van der Waals surface area contributed by atoms with Gasteiger partial charge in [-0.3, -0.25) is 9.98 Å². The summed E-state index contributed by atoms with van der Waals surface area (Å²) in [7, 11) is 0. The minimum Gasteiger partial charge on any atom is -0.368 e. The highest BCUT2D eigenvalue weighted by Gasteiger charge is 2.19. The van der Waals surface area contributed by atoms with Gasteiger partial charge in [-0.1, -0.05) is 6.07 Å². The summed E-state index contributed by atoms with van der Waals surface area (Å²) < 4.78 is 13.1. The zero-order valence-corrected chi connectivity index (χ0v) is 18.0. The van der Waals surface area contributed by atoms with E-state index in [4.69, 9.17) is 4.99 Å². The second-order valence-electron chi connectivity index (χ2n) is 6.26. The molecule has 1 aromatic heterocycles. The summed E-state index contributed by atoms with van der Waals surface area (Å²) >= 11 is 0. The summed E-state index contributed by atoms with van der Waals surface area (Å²) in [6.45, 7) is 7.24. The number of anilines is 1. The van der Waals surface area contributed by atoms with Crippen LogP contribution in [-0.4, -0.2) is 55.1 Å². The normalized spacial score (nSPS) is 14.7. The van der Waals surface area contributed by atoms with E-state index in [1.54, 1.807) is 0 Å². The van der Waals surface area contributed by atoms with E-state index in [-0.39, 0.29) is 29.8 Å². The van der Waals surface area contributed by atoms with Crippen molar-refractivity contribution in [3.05, 3.63) is 60.2 Å². The smallest absolute Gasteiger partial charge is 0.194 e. The molecule has 0 unspecified atom stereocenters. The van der Waals surface area contributed by atoms with E-state index in [0.717, 1.165) is 63.0 Å². The first-order chi connectivity index (χ1) is 12.8. The van der Waals surface area contributed by atoms with Crippen LogP contribution in [0.15, 0.2) is 53.7 Å². The molecule has 146 valence electrons. The highest BCUT2D eigenvalue weighted by molar-refractivity contribution is 14.0. The van der Waals surface area contributed by atoms with E-state index in [1.165, 1.54) is 12.1 Å². The van der Waals surface area contributed by atoms with Crippen LogP contribution in [0.3, 0.4) is 0 Å². The van der Waals surface area contributed by atoms with Crippen LogP contribution in [0.25, 0.3) is 0 Å². The quantitative estimate of drug-likeness (QED) is 0.403. The number of nitrogens with zero attached hydrogens (tertiary/aromatic N) is 4. The highest BCUT2D eigenvalue weighted by Crippen LogP contribution is 2.17. The van der Waals surface area contributed by atoms with Gasteiger partial charge in [-0.05, 0) is 43.3 Å². The molecule has 1 N–H and O–H groups in total. The lowest BCUT2D eigenvalue weighted by molar-refractivity contribution is 0.372. The van der Waals surface area contributed by atoms with Crippen molar-refractivity contribution in [2.45, 2.75) is 13.3 Å². The van der Waals surface area contributed by atoms with Gasteiger partial charge in [-0.25, -0.2) is 4.39 Å². The molecule has 0 spiro atoms. The molecule has 2 heterocycles. The van der Waals surface area contributed by atoms with Gasteiger partial charge in [0.15, 0.2) is 5.96 Å². The largest absolute Gasteiger partial charge is 0.368 e. The van der Waals surface area contributed by atoms with Gasteiger partial charge >= 0.3 is 0 Å². The molecule has 1 aromatic carbocycles. The van der Waals surface area contributed by atoms with Crippen molar-refractivity contribution < 1.29 is 4.39 Å². The van der Waals surface area contributed by atoms with Crippen LogP contribution in [0, 0.1) is 5.82 Å². The number of pyridine rings is 1. The second kappa shape index (κ2) is 11.1. The molecule has 5 nitrogen and oxygen atoms in total. The van der Waals surface area contributed by atoms with Crippen LogP contribution >= 0.6 is 24.0 Å². The fourth-order valence-electron chi connectivity index (χ4n) is 3.08. The predicted octanol–water partition coefficient (Wildman–Crippen LogP) is 3.17. The van der Waals surface area contributed by atoms with Crippen LogP contribution < -0.4 is 10.2 Å². The van der Waals surface area contributed by atoms with Gasteiger partial charge in [-0.15, -0.1) is 24.0 Å². The van der Waals surface area contributed by atoms with Crippen LogP contribution in [0.5, 0.6) is 0 Å². The van der Waals surface area contributed by atoms with Crippen molar-refractivity contribution in [3.63, 3.8) is 0 Å². The van der Waals surface area contributed by atoms with Crippen molar-refractivity contribution in [2.75, 3.05) is 44.2 Å². The first kappa shape index (κ1) is 21.4. The summed E-state index contributed by atoms with van der Waals surface area (Å²) in [4.78, 5) is 13.7. The Hall–Kier alpha value is -1.90.